The number of nitrogens with one attached hydrogen (secondary N) is 3. The van der Waals surface area contributed by atoms with E-state index in [4.69, 9.17) is 37.4 Å². The van der Waals surface area contributed by atoms with Crippen molar-refractivity contribution in [3.05, 3.63) is 87.5 Å². The summed E-state index contributed by atoms with van der Waals surface area (Å²) in [5.74, 6) is -1.33. The van der Waals surface area contributed by atoms with Gasteiger partial charge in [0.1, 0.15) is 54.7 Å². The van der Waals surface area contributed by atoms with Crippen LogP contribution in [0, 0.1) is 6.92 Å². The fraction of sp³-hybridized carbons (Fsp3) is 0.489. The quantitative estimate of drug-likeness (QED) is 0.0499. The number of unbranched alkanes of at least 4 members (excludes halogenated alkanes) is 5. The van der Waals surface area contributed by atoms with Crippen molar-refractivity contribution in [1.82, 2.24) is 30.4 Å². The van der Waals surface area contributed by atoms with Crippen molar-refractivity contribution in [3.63, 3.8) is 0 Å². The van der Waals surface area contributed by atoms with E-state index >= 15 is 4.79 Å². The first kappa shape index (κ1) is 49.1. The number of amides is 4. The zero-order valence-electron chi connectivity index (χ0n) is 37.6. The zero-order chi connectivity index (χ0) is 46.3. The van der Waals surface area contributed by atoms with Gasteiger partial charge in [0.15, 0.2) is 0 Å². The van der Waals surface area contributed by atoms with Gasteiger partial charge in [-0.3, -0.25) is 28.5 Å². The van der Waals surface area contributed by atoms with E-state index in [0.717, 1.165) is 24.8 Å². The van der Waals surface area contributed by atoms with Crippen molar-refractivity contribution >= 4 is 34.5 Å². The molecule has 0 saturated carbocycles. The van der Waals surface area contributed by atoms with Gasteiger partial charge in [-0.15, -0.1) is 0 Å². The lowest BCUT2D eigenvalue weighted by Crippen LogP contribution is -2.55. The average Bonchev–Trinajstić information content (AvgIpc) is 3.28. The fourth-order valence-corrected chi connectivity index (χ4v) is 8.18. The highest BCUT2D eigenvalue weighted by molar-refractivity contribution is 5.95. The largest absolute Gasteiger partial charge is 0.492 e. The second-order valence-corrected chi connectivity index (χ2v) is 16.2. The molecule has 346 valence electrons. The second kappa shape index (κ2) is 23.7. The number of benzene rings is 3. The number of nitrogens with zero attached hydrogens (tertiary/aromatic N) is 3. The summed E-state index contributed by atoms with van der Waals surface area (Å²) in [7, 11) is 1.47. The van der Waals surface area contributed by atoms with Crippen LogP contribution in [0.4, 0.5) is 0 Å². The van der Waals surface area contributed by atoms with Crippen molar-refractivity contribution in [1.29, 1.82) is 0 Å². The van der Waals surface area contributed by atoms with Gasteiger partial charge in [-0.1, -0.05) is 57.2 Å². The lowest BCUT2D eigenvalue weighted by molar-refractivity contribution is -0.143. The Balaban J connectivity index is 1.62. The maximum absolute atomic E-state index is 15.0. The molecule has 1 aliphatic heterocycles. The first-order chi connectivity index (χ1) is 30.9. The maximum atomic E-state index is 15.0. The van der Waals surface area contributed by atoms with Gasteiger partial charge in [0, 0.05) is 37.7 Å². The molecule has 0 saturated heterocycles. The molecule has 64 heavy (non-hydrogen) atoms. The summed E-state index contributed by atoms with van der Waals surface area (Å²) in [6, 6.07) is 11.3. The molecule has 1 aromatic heterocycles. The smallest absolute Gasteiger partial charge is 0.262 e. The number of likely N-dealkylation sites (N-methyl/N-ethyl adjacent to an activating group) is 1. The van der Waals surface area contributed by atoms with E-state index < -0.39 is 53.4 Å². The Morgan fingerprint density at radius 2 is 1.53 bits per heavy atom. The third-order valence-corrected chi connectivity index (χ3v) is 11.5. The monoisotopic (exact) mass is 883 g/mol. The second-order valence-electron chi connectivity index (χ2n) is 16.2. The minimum absolute atomic E-state index is 0.0393. The molecule has 0 fully saturated rings. The molecule has 0 radical (unpaired) electrons. The highest BCUT2D eigenvalue weighted by Crippen LogP contribution is 2.40. The number of aryl methyl sites for hydroxylation is 2. The van der Waals surface area contributed by atoms with Crippen molar-refractivity contribution in [2.75, 3.05) is 46.6 Å². The molecule has 4 aromatic rings. The number of nitrogens with two attached hydrogens (primary N) is 4. The van der Waals surface area contributed by atoms with E-state index in [1.54, 1.807) is 43.3 Å². The molecule has 0 aliphatic carbocycles. The molecule has 17 nitrogen and oxygen atoms in total. The van der Waals surface area contributed by atoms with Crippen LogP contribution in [0.5, 0.6) is 11.5 Å². The van der Waals surface area contributed by atoms with Crippen LogP contribution in [0.2, 0.25) is 0 Å². The van der Waals surface area contributed by atoms with E-state index in [1.165, 1.54) is 49.1 Å². The number of fused-ring (bicyclic) bond motifs is 6. The fourth-order valence-electron chi connectivity index (χ4n) is 8.18. The first-order valence-corrected chi connectivity index (χ1v) is 22.4. The molecule has 17 heteroatoms. The van der Waals surface area contributed by atoms with Crippen molar-refractivity contribution in [3.8, 4) is 22.6 Å². The molecule has 2 heterocycles. The van der Waals surface area contributed by atoms with Crippen LogP contribution in [0.1, 0.15) is 93.4 Å². The molecule has 4 bridgehead atoms. The van der Waals surface area contributed by atoms with Crippen LogP contribution < -0.4 is 53.9 Å². The summed E-state index contributed by atoms with van der Waals surface area (Å²) in [5, 5.41) is 8.44. The Labute approximate surface area is 375 Å². The van der Waals surface area contributed by atoms with Gasteiger partial charge in [0.2, 0.25) is 23.6 Å². The summed E-state index contributed by atoms with van der Waals surface area (Å²) in [6.45, 7) is 5.99. The van der Waals surface area contributed by atoms with Crippen LogP contribution in [0.15, 0.2) is 59.4 Å². The summed E-state index contributed by atoms with van der Waals surface area (Å²) < 4.78 is 13.6. The number of hydrogen-bond donors (Lipinski definition) is 7. The highest BCUT2D eigenvalue weighted by atomic mass is 16.5. The Bertz CT molecular complexity index is 2320. The number of carbonyl (C=O) groups excluding carboxylic acids is 4. The number of aromatic nitrogens is 2. The van der Waals surface area contributed by atoms with Gasteiger partial charge in [-0.05, 0) is 92.7 Å². The van der Waals surface area contributed by atoms with Crippen LogP contribution in [0.25, 0.3) is 22.0 Å². The van der Waals surface area contributed by atoms with Crippen LogP contribution in [-0.2, 0) is 32.0 Å². The highest BCUT2D eigenvalue weighted by Gasteiger charge is 2.37. The molecular formula is C47H66N10O7. The number of hydrogen-bond acceptors (Lipinski definition) is 12. The standard InChI is InChI=1S/C47H66N10O7/c1-5-6-7-8-9-10-11-31-12-15-34-37(25-31)54-30(3)57(46(34)61)39(18-19-48)47(62)56(4)42-33-14-17-41(64-23-21-50)36(27-33)35-24-32(13-16-40(35)63-22-20-49)26-38(44(59)52-28-51)55-43(58)29(2)53-45(42)60/h12-17,24-25,27,29,38-39,42H,5-11,18-23,26,28,48-51H2,1-4H3,(H,52,59)(H,53,60)(H,55,58)/t29-,38-,39-,42-/m0/s1. The number of rotatable bonds is 20. The van der Waals surface area contributed by atoms with Crippen molar-refractivity contribution in [2.45, 2.75) is 103 Å². The van der Waals surface area contributed by atoms with Crippen molar-refractivity contribution in [2.24, 2.45) is 22.9 Å². The lowest BCUT2D eigenvalue weighted by Gasteiger charge is -2.33. The molecule has 11 N–H and O–H groups in total. The van der Waals surface area contributed by atoms with Gasteiger partial charge >= 0.3 is 0 Å². The lowest BCUT2D eigenvalue weighted by atomic mass is 9.93. The molecule has 4 amide bonds. The number of ether oxygens (including phenoxy) is 2. The average molecular weight is 883 g/mol. The van der Waals surface area contributed by atoms with Crippen LogP contribution in [0.3, 0.4) is 0 Å². The van der Waals surface area contributed by atoms with Gasteiger partial charge in [-0.25, -0.2) is 4.98 Å². The Morgan fingerprint density at radius 1 is 0.859 bits per heavy atom. The SMILES string of the molecule is CCCCCCCCc1ccc2c(=O)n([C@@H](CCN)C(=O)N(C)[C@@H]3C(=O)N[C@@H](C)C(=O)N[C@H](C(=O)NCN)Cc4ccc(OCCN)c(c4)-c4cc3ccc4OCCN)c(C)nc2c1. The first-order valence-electron chi connectivity index (χ1n) is 22.4. The normalized spacial score (nSPS) is 16.9. The molecule has 1 aliphatic rings. The molecule has 5 rings (SSSR count). The number of carbonyl (C=O) groups is 4. The van der Waals surface area contributed by atoms with Gasteiger partial charge in [-0.2, -0.15) is 0 Å². The van der Waals surface area contributed by atoms with E-state index in [-0.39, 0.29) is 52.4 Å². The summed E-state index contributed by atoms with van der Waals surface area (Å²) in [5.41, 5.74) is 26.7. The van der Waals surface area contributed by atoms with Gasteiger partial charge in [0.05, 0.1) is 17.6 Å². The Morgan fingerprint density at radius 3 is 2.20 bits per heavy atom. The summed E-state index contributed by atoms with van der Waals surface area (Å²) >= 11 is 0. The van der Waals surface area contributed by atoms with Crippen molar-refractivity contribution < 1.29 is 28.7 Å². The van der Waals surface area contributed by atoms with E-state index in [1.807, 2.05) is 18.2 Å². The molecule has 4 atom stereocenters. The Hall–Kier alpha value is -5.88. The zero-order valence-corrected chi connectivity index (χ0v) is 37.6. The van der Waals surface area contributed by atoms with Crippen LogP contribution >= 0.6 is 0 Å². The predicted molar refractivity (Wildman–Crippen MR) is 247 cm³/mol. The van der Waals surface area contributed by atoms with E-state index in [9.17, 15) is 19.2 Å². The van der Waals surface area contributed by atoms with E-state index in [2.05, 4.69) is 22.9 Å². The molecule has 0 unspecified atom stereocenters. The summed E-state index contributed by atoms with van der Waals surface area (Å²) in [6.07, 6.45) is 8.00. The van der Waals surface area contributed by atoms with Gasteiger partial charge < -0.3 is 53.3 Å². The predicted octanol–water partition coefficient (Wildman–Crippen LogP) is 2.62. The van der Waals surface area contributed by atoms with Crippen LogP contribution in [-0.4, -0.2) is 96.7 Å². The Kier molecular flexibility index (Phi) is 18.2. The minimum Gasteiger partial charge on any atom is -0.492 e. The van der Waals surface area contributed by atoms with E-state index in [0.29, 0.717) is 50.5 Å². The van der Waals surface area contributed by atoms with Gasteiger partial charge in [0.25, 0.3) is 5.56 Å². The third kappa shape index (κ3) is 12.0. The molecule has 0 spiro atoms. The topological polar surface area (TPSA) is 265 Å². The minimum atomic E-state index is -1.37. The molecule has 3 aromatic carbocycles. The summed E-state index contributed by atoms with van der Waals surface area (Å²) in [4.78, 5) is 77.1. The third-order valence-electron chi connectivity index (χ3n) is 11.5. The molecular weight excluding hydrogens is 817 g/mol. The maximum Gasteiger partial charge on any atom is 0.262 e.